The number of hydrogen-bond donors (Lipinski definition) is 3. The van der Waals surface area contributed by atoms with Crippen LogP contribution in [-0.4, -0.2) is 36.0 Å². The Morgan fingerprint density at radius 1 is 1.04 bits per heavy atom. The molecule has 0 radical (unpaired) electrons. The first-order valence-electron chi connectivity index (χ1n) is 8.16. The Bertz CT molecular complexity index is 844. The van der Waals surface area contributed by atoms with Gasteiger partial charge in [-0.05, 0) is 42.8 Å². The van der Waals surface area contributed by atoms with Crippen molar-refractivity contribution in [2.24, 2.45) is 0 Å². The molecule has 0 aliphatic carbocycles. The summed E-state index contributed by atoms with van der Waals surface area (Å²) in [6, 6.07) is 14.2. The molecular weight excluding hydrogens is 348 g/mol. The summed E-state index contributed by atoms with van der Waals surface area (Å²) in [5, 5.41) is 13.9. The van der Waals surface area contributed by atoms with Gasteiger partial charge in [0.15, 0.2) is 0 Å². The highest BCUT2D eigenvalue weighted by Crippen LogP contribution is 2.12. The third kappa shape index (κ3) is 5.71. The number of ether oxygens (including phenoxy) is 1. The highest BCUT2D eigenvalue weighted by atomic mass is 16.5. The molecule has 2 aromatic rings. The molecule has 0 saturated carbocycles. The van der Waals surface area contributed by atoms with Gasteiger partial charge in [0.2, 0.25) is 0 Å². The summed E-state index contributed by atoms with van der Waals surface area (Å²) < 4.78 is 5.05. The van der Waals surface area contributed by atoms with E-state index in [0.29, 0.717) is 16.9 Å². The van der Waals surface area contributed by atoms with Crippen LogP contribution in [0.4, 0.5) is 0 Å². The molecule has 27 heavy (non-hydrogen) atoms. The lowest BCUT2D eigenvalue weighted by atomic mass is 10.1. The minimum atomic E-state index is -1.18. The normalized spacial score (nSPS) is 12.0. The smallest absolute Gasteiger partial charge is 0.325 e. The van der Waals surface area contributed by atoms with Gasteiger partial charge in [0.25, 0.3) is 11.8 Å². The van der Waals surface area contributed by atoms with Crippen molar-refractivity contribution >= 4 is 23.9 Å². The number of rotatable bonds is 7. The van der Waals surface area contributed by atoms with Crippen molar-refractivity contribution < 1.29 is 24.2 Å². The first kappa shape index (κ1) is 19.7. The molecule has 3 N–H and O–H groups in total. The average molecular weight is 368 g/mol. The molecule has 1 atom stereocenters. The van der Waals surface area contributed by atoms with Gasteiger partial charge < -0.3 is 20.5 Å². The van der Waals surface area contributed by atoms with Crippen molar-refractivity contribution in [2.75, 3.05) is 7.11 Å². The number of aliphatic carboxylic acids is 1. The number of carbonyl (C=O) groups excluding carboxylic acids is 2. The molecule has 2 amide bonds. The van der Waals surface area contributed by atoms with Gasteiger partial charge in [-0.25, -0.2) is 0 Å². The lowest BCUT2D eigenvalue weighted by molar-refractivity contribution is -0.140. The zero-order valence-corrected chi connectivity index (χ0v) is 14.9. The van der Waals surface area contributed by atoms with E-state index in [2.05, 4.69) is 10.6 Å². The number of carbonyl (C=O) groups is 3. The molecular formula is C20H20N2O5. The Hall–Kier alpha value is -3.61. The Balaban J connectivity index is 2.25. The summed E-state index contributed by atoms with van der Waals surface area (Å²) >= 11 is 0. The second-order valence-electron chi connectivity index (χ2n) is 5.68. The van der Waals surface area contributed by atoms with Crippen molar-refractivity contribution in [3.05, 3.63) is 71.4 Å². The fourth-order valence-electron chi connectivity index (χ4n) is 2.15. The van der Waals surface area contributed by atoms with Crippen LogP contribution in [0.3, 0.4) is 0 Å². The van der Waals surface area contributed by atoms with Crippen molar-refractivity contribution in [3.8, 4) is 5.75 Å². The summed E-state index contributed by atoms with van der Waals surface area (Å²) in [5.74, 6) is -1.78. The van der Waals surface area contributed by atoms with Crippen LogP contribution < -0.4 is 15.4 Å². The number of nitrogens with one attached hydrogen (secondary N) is 2. The van der Waals surface area contributed by atoms with Crippen LogP contribution in [0.5, 0.6) is 5.75 Å². The number of hydrogen-bond acceptors (Lipinski definition) is 4. The van der Waals surface area contributed by atoms with E-state index in [1.165, 1.54) is 20.1 Å². The first-order chi connectivity index (χ1) is 12.9. The summed E-state index contributed by atoms with van der Waals surface area (Å²) in [4.78, 5) is 35.9. The van der Waals surface area contributed by atoms with Crippen LogP contribution in [0, 0.1) is 0 Å². The van der Waals surface area contributed by atoms with Crippen molar-refractivity contribution in [3.63, 3.8) is 0 Å². The molecule has 0 aromatic heterocycles. The number of carboxylic acids is 1. The van der Waals surface area contributed by atoms with E-state index < -0.39 is 23.8 Å². The number of benzene rings is 2. The Kier molecular flexibility index (Phi) is 6.71. The Labute approximate surface area is 156 Å². The van der Waals surface area contributed by atoms with E-state index in [1.807, 2.05) is 6.07 Å². The van der Waals surface area contributed by atoms with Crippen molar-refractivity contribution in [1.82, 2.24) is 10.6 Å². The Morgan fingerprint density at radius 3 is 2.22 bits per heavy atom. The zero-order valence-electron chi connectivity index (χ0n) is 14.9. The molecule has 0 spiro atoms. The van der Waals surface area contributed by atoms with Gasteiger partial charge in [-0.15, -0.1) is 0 Å². The maximum absolute atomic E-state index is 12.5. The molecule has 140 valence electrons. The quantitative estimate of drug-likeness (QED) is 0.649. The van der Waals surface area contributed by atoms with Crippen LogP contribution in [0.2, 0.25) is 0 Å². The molecule has 0 bridgehead atoms. The van der Waals surface area contributed by atoms with E-state index in [-0.39, 0.29) is 5.70 Å². The molecule has 7 heteroatoms. The first-order valence-corrected chi connectivity index (χ1v) is 8.16. The standard InChI is InChI=1S/C20H20N2O5/c1-13(20(25)26)21-19(24)17(12-14-6-4-3-5-7-14)22-18(23)15-8-10-16(27-2)11-9-15/h3-13H,1-2H3,(H,21,24)(H,22,23)(H,25,26)/b17-12-/t13-/m0/s1. The zero-order chi connectivity index (χ0) is 19.8. The van der Waals surface area contributed by atoms with Crippen LogP contribution >= 0.6 is 0 Å². The molecule has 0 unspecified atom stereocenters. The number of carboxylic acid groups (broad SMARTS) is 1. The topological polar surface area (TPSA) is 105 Å². The minimum Gasteiger partial charge on any atom is -0.497 e. The van der Waals surface area contributed by atoms with Gasteiger partial charge in [0.05, 0.1) is 7.11 Å². The maximum Gasteiger partial charge on any atom is 0.325 e. The molecule has 2 aromatic carbocycles. The van der Waals surface area contributed by atoms with E-state index in [0.717, 1.165) is 0 Å². The van der Waals surface area contributed by atoms with Gasteiger partial charge in [0, 0.05) is 5.56 Å². The molecule has 0 fully saturated rings. The SMILES string of the molecule is COc1ccc(C(=O)N/C(=C\c2ccccc2)C(=O)N[C@@H](C)C(=O)O)cc1. The van der Waals surface area contributed by atoms with Crippen LogP contribution in [0.1, 0.15) is 22.8 Å². The maximum atomic E-state index is 12.5. The van der Waals surface area contributed by atoms with Gasteiger partial charge in [-0.3, -0.25) is 14.4 Å². The predicted octanol–water partition coefficient (Wildman–Crippen LogP) is 2.06. The highest BCUT2D eigenvalue weighted by molar-refractivity contribution is 6.06. The molecule has 0 aliphatic heterocycles. The second kappa shape index (κ2) is 9.19. The van der Waals surface area contributed by atoms with Crippen LogP contribution in [0.25, 0.3) is 6.08 Å². The van der Waals surface area contributed by atoms with Crippen molar-refractivity contribution in [2.45, 2.75) is 13.0 Å². The third-order valence-electron chi connectivity index (χ3n) is 3.67. The fourth-order valence-corrected chi connectivity index (χ4v) is 2.15. The predicted molar refractivity (Wildman–Crippen MR) is 100 cm³/mol. The van der Waals surface area contributed by atoms with E-state index in [4.69, 9.17) is 9.84 Å². The van der Waals surface area contributed by atoms with Crippen LogP contribution in [-0.2, 0) is 9.59 Å². The third-order valence-corrected chi connectivity index (χ3v) is 3.67. The summed E-state index contributed by atoms with van der Waals surface area (Å²) in [6.07, 6.45) is 1.48. The monoisotopic (exact) mass is 368 g/mol. The van der Waals surface area contributed by atoms with Gasteiger partial charge >= 0.3 is 5.97 Å². The lowest BCUT2D eigenvalue weighted by Crippen LogP contribution is -2.42. The molecule has 0 aliphatic rings. The van der Waals surface area contributed by atoms with Gasteiger partial charge in [0.1, 0.15) is 17.5 Å². The van der Waals surface area contributed by atoms with E-state index in [9.17, 15) is 14.4 Å². The number of methoxy groups -OCH3 is 1. The lowest BCUT2D eigenvalue weighted by Gasteiger charge is -2.13. The van der Waals surface area contributed by atoms with Crippen LogP contribution in [0.15, 0.2) is 60.3 Å². The fraction of sp³-hybridized carbons (Fsp3) is 0.150. The molecule has 0 heterocycles. The average Bonchev–Trinajstić information content (AvgIpc) is 2.68. The molecule has 7 nitrogen and oxygen atoms in total. The molecule has 2 rings (SSSR count). The highest BCUT2D eigenvalue weighted by Gasteiger charge is 2.19. The van der Waals surface area contributed by atoms with Crippen molar-refractivity contribution in [1.29, 1.82) is 0 Å². The second-order valence-corrected chi connectivity index (χ2v) is 5.68. The van der Waals surface area contributed by atoms with E-state index in [1.54, 1.807) is 48.5 Å². The molecule has 0 saturated heterocycles. The van der Waals surface area contributed by atoms with Gasteiger partial charge in [-0.2, -0.15) is 0 Å². The summed E-state index contributed by atoms with van der Waals surface area (Å²) in [6.45, 7) is 1.34. The summed E-state index contributed by atoms with van der Waals surface area (Å²) in [5.41, 5.74) is 0.949. The van der Waals surface area contributed by atoms with E-state index >= 15 is 0 Å². The Morgan fingerprint density at radius 2 is 1.67 bits per heavy atom. The number of amides is 2. The minimum absolute atomic E-state index is 0.0601. The van der Waals surface area contributed by atoms with Gasteiger partial charge in [-0.1, -0.05) is 30.3 Å². The summed E-state index contributed by atoms with van der Waals surface area (Å²) in [7, 11) is 1.52. The largest absolute Gasteiger partial charge is 0.497 e.